The van der Waals surface area contributed by atoms with Crippen LogP contribution in [0.3, 0.4) is 0 Å². The van der Waals surface area contributed by atoms with Crippen molar-refractivity contribution < 1.29 is 5.11 Å². The van der Waals surface area contributed by atoms with Crippen LogP contribution in [0.4, 0.5) is 0 Å². The van der Waals surface area contributed by atoms with E-state index in [1.165, 1.54) is 4.57 Å². The third kappa shape index (κ3) is 3.14. The number of rotatable bonds is 4. The summed E-state index contributed by atoms with van der Waals surface area (Å²) < 4.78 is 3.06. The number of halogens is 1. The lowest BCUT2D eigenvalue weighted by atomic mass is 10.1. The molecule has 4 aromatic rings. The summed E-state index contributed by atoms with van der Waals surface area (Å²) in [6.45, 7) is 0.156. The summed E-state index contributed by atoms with van der Waals surface area (Å²) in [4.78, 5) is 12.8. The molecule has 130 valence electrons. The van der Waals surface area contributed by atoms with Gasteiger partial charge >= 0.3 is 0 Å². The van der Waals surface area contributed by atoms with Gasteiger partial charge < -0.3 is 9.67 Å². The molecule has 0 unspecified atom stereocenters. The first-order valence-electron chi connectivity index (χ1n) is 8.19. The van der Waals surface area contributed by atoms with Crippen LogP contribution in [0.1, 0.15) is 11.7 Å². The van der Waals surface area contributed by atoms with Gasteiger partial charge in [-0.3, -0.25) is 4.79 Å². The maximum absolute atomic E-state index is 12.8. The van der Waals surface area contributed by atoms with Gasteiger partial charge in [-0.05, 0) is 23.8 Å². The van der Waals surface area contributed by atoms with Gasteiger partial charge in [-0.2, -0.15) is 5.10 Å². The average Bonchev–Trinajstić information content (AvgIpc) is 3.10. The fourth-order valence-corrected chi connectivity index (χ4v) is 3.02. The maximum atomic E-state index is 12.8. The number of hydrogen-bond acceptors (Lipinski definition) is 3. The van der Waals surface area contributed by atoms with Crippen LogP contribution in [0, 0.1) is 0 Å². The van der Waals surface area contributed by atoms with E-state index in [-0.39, 0.29) is 12.1 Å². The Morgan fingerprint density at radius 1 is 1.04 bits per heavy atom. The maximum Gasteiger partial charge on any atom is 0.276 e. The van der Waals surface area contributed by atoms with Crippen molar-refractivity contribution in [2.24, 2.45) is 0 Å². The summed E-state index contributed by atoms with van der Waals surface area (Å²) in [6, 6.07) is 18.4. The molecule has 4 rings (SSSR count). The second-order valence-corrected chi connectivity index (χ2v) is 6.48. The second kappa shape index (κ2) is 6.78. The van der Waals surface area contributed by atoms with Gasteiger partial charge in [0, 0.05) is 23.0 Å². The van der Waals surface area contributed by atoms with E-state index in [1.54, 1.807) is 47.2 Å². The van der Waals surface area contributed by atoms with Crippen LogP contribution in [-0.4, -0.2) is 19.3 Å². The van der Waals surface area contributed by atoms with Crippen molar-refractivity contribution in [3.05, 3.63) is 94.0 Å². The van der Waals surface area contributed by atoms with Gasteiger partial charge in [0.25, 0.3) is 5.56 Å². The van der Waals surface area contributed by atoms with Crippen LogP contribution in [0.15, 0.2) is 77.9 Å². The lowest BCUT2D eigenvalue weighted by Crippen LogP contribution is -2.24. The number of hydrogen-bond donors (Lipinski definition) is 1. The first kappa shape index (κ1) is 16.6. The van der Waals surface area contributed by atoms with Crippen molar-refractivity contribution >= 4 is 17.1 Å². The number of aromatic nitrogens is 3. The van der Waals surface area contributed by atoms with E-state index in [0.29, 0.717) is 16.1 Å². The highest BCUT2D eigenvalue weighted by Crippen LogP contribution is 2.19. The molecule has 0 bridgehead atoms. The number of fused-ring (bicyclic) bond motifs is 1. The first-order valence-corrected chi connectivity index (χ1v) is 8.57. The Hall–Kier alpha value is -2.89. The summed E-state index contributed by atoms with van der Waals surface area (Å²) in [5.74, 6) is 0. The predicted octanol–water partition coefficient (Wildman–Crippen LogP) is 3.55. The molecule has 0 spiro atoms. The molecule has 2 aromatic heterocycles. The molecule has 1 atom stereocenters. The molecule has 2 aromatic carbocycles. The Morgan fingerprint density at radius 3 is 2.50 bits per heavy atom. The van der Waals surface area contributed by atoms with Gasteiger partial charge in [-0.25, -0.2) is 4.52 Å². The van der Waals surface area contributed by atoms with Gasteiger partial charge in [0.1, 0.15) is 5.52 Å². The average molecular weight is 366 g/mol. The van der Waals surface area contributed by atoms with Crippen LogP contribution < -0.4 is 5.56 Å². The van der Waals surface area contributed by atoms with Gasteiger partial charge in [0.15, 0.2) is 0 Å². The molecule has 0 aliphatic heterocycles. The van der Waals surface area contributed by atoms with Crippen molar-refractivity contribution in [3.63, 3.8) is 0 Å². The molecule has 0 radical (unpaired) electrons. The molecule has 26 heavy (non-hydrogen) atoms. The van der Waals surface area contributed by atoms with Crippen molar-refractivity contribution in [3.8, 4) is 11.3 Å². The van der Waals surface area contributed by atoms with Crippen molar-refractivity contribution in [2.75, 3.05) is 0 Å². The molecule has 6 heteroatoms. The van der Waals surface area contributed by atoms with E-state index < -0.39 is 6.10 Å². The molecule has 0 saturated carbocycles. The summed E-state index contributed by atoms with van der Waals surface area (Å²) in [7, 11) is 0. The third-order valence-corrected chi connectivity index (χ3v) is 4.55. The van der Waals surface area contributed by atoms with Crippen LogP contribution >= 0.6 is 11.6 Å². The van der Waals surface area contributed by atoms with Crippen LogP contribution in [0.25, 0.3) is 16.8 Å². The Bertz CT molecular complexity index is 1100. The van der Waals surface area contributed by atoms with Crippen LogP contribution in [-0.2, 0) is 6.54 Å². The molecule has 0 amide bonds. The lowest BCUT2D eigenvalue weighted by molar-refractivity contribution is 0.155. The normalized spacial score (nSPS) is 12.4. The second-order valence-electron chi connectivity index (χ2n) is 6.05. The van der Waals surface area contributed by atoms with Gasteiger partial charge in [-0.15, -0.1) is 0 Å². The molecular weight excluding hydrogens is 350 g/mol. The Balaban J connectivity index is 1.67. The molecular formula is C20H16ClN3O2. The van der Waals surface area contributed by atoms with Gasteiger partial charge in [-0.1, -0.05) is 54.1 Å². The monoisotopic (exact) mass is 365 g/mol. The topological polar surface area (TPSA) is 59.5 Å². The van der Waals surface area contributed by atoms with Gasteiger partial charge in [0.2, 0.25) is 0 Å². The van der Waals surface area contributed by atoms with E-state index in [2.05, 4.69) is 5.10 Å². The highest BCUT2D eigenvalue weighted by Gasteiger charge is 2.13. The van der Waals surface area contributed by atoms with Gasteiger partial charge in [0.05, 0.1) is 18.3 Å². The standard InChI is InChI=1S/C20H16ClN3O2/c21-16-8-6-15(7-9-16)19(25)13-23-10-11-24-18(20(23)26)12-17(22-24)14-4-2-1-3-5-14/h1-12,19,25H,13H2/t19-/m0/s1. The minimum absolute atomic E-state index is 0.156. The zero-order chi connectivity index (χ0) is 18.1. The van der Waals surface area contributed by atoms with E-state index in [0.717, 1.165) is 11.3 Å². The SMILES string of the molecule is O=c1c2cc(-c3ccccc3)nn2ccn1C[C@H](O)c1ccc(Cl)cc1. The van der Waals surface area contributed by atoms with Crippen LogP contribution in [0.5, 0.6) is 0 Å². The van der Waals surface area contributed by atoms with E-state index >= 15 is 0 Å². The molecule has 0 aliphatic carbocycles. The molecule has 0 aliphatic rings. The minimum Gasteiger partial charge on any atom is -0.387 e. The largest absolute Gasteiger partial charge is 0.387 e. The smallest absolute Gasteiger partial charge is 0.276 e. The quantitative estimate of drug-likeness (QED) is 0.601. The van der Waals surface area contributed by atoms with Crippen molar-refractivity contribution in [2.45, 2.75) is 12.6 Å². The summed E-state index contributed by atoms with van der Waals surface area (Å²) >= 11 is 5.87. The minimum atomic E-state index is -0.802. The Morgan fingerprint density at radius 2 is 1.77 bits per heavy atom. The first-order chi connectivity index (χ1) is 12.6. The molecule has 0 saturated heterocycles. The molecule has 0 fully saturated rings. The van der Waals surface area contributed by atoms with Crippen molar-refractivity contribution in [1.82, 2.24) is 14.2 Å². The highest BCUT2D eigenvalue weighted by atomic mass is 35.5. The summed E-state index contributed by atoms with van der Waals surface area (Å²) in [5, 5.41) is 15.5. The summed E-state index contributed by atoms with van der Waals surface area (Å²) in [5.41, 5.74) is 2.66. The third-order valence-electron chi connectivity index (χ3n) is 4.30. The highest BCUT2D eigenvalue weighted by molar-refractivity contribution is 6.30. The summed E-state index contributed by atoms with van der Waals surface area (Å²) in [6.07, 6.45) is 2.55. The number of aliphatic hydroxyl groups is 1. The fraction of sp³-hybridized carbons (Fsp3) is 0.100. The number of aliphatic hydroxyl groups excluding tert-OH is 1. The van der Waals surface area contributed by atoms with Crippen molar-refractivity contribution in [1.29, 1.82) is 0 Å². The zero-order valence-corrected chi connectivity index (χ0v) is 14.5. The zero-order valence-electron chi connectivity index (χ0n) is 13.8. The van der Waals surface area contributed by atoms with E-state index in [4.69, 9.17) is 11.6 Å². The van der Waals surface area contributed by atoms with Crippen LogP contribution in [0.2, 0.25) is 5.02 Å². The Labute approximate surface area is 154 Å². The molecule has 1 N–H and O–H groups in total. The molecule has 2 heterocycles. The van der Waals surface area contributed by atoms with E-state index in [1.807, 2.05) is 30.3 Å². The lowest BCUT2D eigenvalue weighted by Gasteiger charge is -2.13. The number of benzene rings is 2. The number of nitrogens with zero attached hydrogens (tertiary/aromatic N) is 3. The Kier molecular flexibility index (Phi) is 4.32. The van der Waals surface area contributed by atoms with E-state index in [9.17, 15) is 9.90 Å². The predicted molar refractivity (Wildman–Crippen MR) is 101 cm³/mol. The fourth-order valence-electron chi connectivity index (χ4n) is 2.90. The molecule has 5 nitrogen and oxygen atoms in total.